The van der Waals surface area contributed by atoms with Gasteiger partial charge in [0.25, 0.3) is 11.7 Å². The molecule has 0 unspecified atom stereocenters. The Labute approximate surface area is 108 Å². The molecule has 5 nitrogen and oxygen atoms in total. The second-order valence-electron chi connectivity index (χ2n) is 3.61. The lowest BCUT2D eigenvalue weighted by Crippen LogP contribution is -2.36. The SMILES string of the molecule is O=C1Nc2cc(C(F)(F)F)cc(Cl)c2/C(=N/O)C1=O. The van der Waals surface area contributed by atoms with Gasteiger partial charge < -0.3 is 10.5 Å². The third-order valence-corrected chi connectivity index (χ3v) is 2.72. The Morgan fingerprint density at radius 3 is 2.42 bits per heavy atom. The van der Waals surface area contributed by atoms with Crippen LogP contribution in [0.15, 0.2) is 17.3 Å². The summed E-state index contributed by atoms with van der Waals surface area (Å²) in [6, 6.07) is 1.19. The lowest BCUT2D eigenvalue weighted by molar-refractivity contribution is -0.137. The van der Waals surface area contributed by atoms with E-state index in [0.717, 1.165) is 0 Å². The molecule has 1 aromatic carbocycles. The summed E-state index contributed by atoms with van der Waals surface area (Å²) >= 11 is 5.64. The van der Waals surface area contributed by atoms with E-state index in [-0.39, 0.29) is 11.3 Å². The summed E-state index contributed by atoms with van der Waals surface area (Å²) in [6.45, 7) is 0. The van der Waals surface area contributed by atoms with E-state index in [1.807, 2.05) is 5.32 Å². The maximum atomic E-state index is 12.6. The minimum atomic E-state index is -4.67. The second-order valence-corrected chi connectivity index (χ2v) is 4.02. The first-order valence-corrected chi connectivity index (χ1v) is 5.12. The van der Waals surface area contributed by atoms with Crippen LogP contribution in [-0.4, -0.2) is 22.6 Å². The first-order chi connectivity index (χ1) is 8.75. The van der Waals surface area contributed by atoms with Gasteiger partial charge in [0.15, 0.2) is 5.71 Å². The molecule has 0 atom stereocenters. The van der Waals surface area contributed by atoms with Gasteiger partial charge in [0, 0.05) is 0 Å². The number of oxime groups is 1. The van der Waals surface area contributed by atoms with Crippen LogP contribution in [0.3, 0.4) is 0 Å². The zero-order valence-electron chi connectivity index (χ0n) is 8.88. The van der Waals surface area contributed by atoms with Crippen LogP contribution in [-0.2, 0) is 15.8 Å². The number of benzene rings is 1. The van der Waals surface area contributed by atoms with Crippen LogP contribution in [0.2, 0.25) is 5.02 Å². The van der Waals surface area contributed by atoms with E-state index >= 15 is 0 Å². The van der Waals surface area contributed by atoms with Crippen molar-refractivity contribution in [1.82, 2.24) is 0 Å². The molecule has 1 aliphatic heterocycles. The third-order valence-electron chi connectivity index (χ3n) is 2.42. The van der Waals surface area contributed by atoms with E-state index in [9.17, 15) is 22.8 Å². The van der Waals surface area contributed by atoms with Crippen molar-refractivity contribution in [3.05, 3.63) is 28.3 Å². The highest BCUT2D eigenvalue weighted by molar-refractivity contribution is 6.72. The van der Waals surface area contributed by atoms with Gasteiger partial charge in [0.05, 0.1) is 21.8 Å². The quantitative estimate of drug-likeness (QED) is 0.436. The monoisotopic (exact) mass is 292 g/mol. The number of Topliss-reactive ketones (excluding diaryl/α,β-unsaturated/α-hetero) is 1. The molecule has 2 N–H and O–H groups in total. The number of ketones is 1. The summed E-state index contributed by atoms with van der Waals surface area (Å²) in [5.74, 6) is -2.38. The van der Waals surface area contributed by atoms with Crippen LogP contribution in [0.4, 0.5) is 18.9 Å². The summed E-state index contributed by atoms with van der Waals surface area (Å²) < 4.78 is 37.7. The molecule has 1 heterocycles. The van der Waals surface area contributed by atoms with Gasteiger partial charge in [-0.25, -0.2) is 0 Å². The minimum Gasteiger partial charge on any atom is -0.410 e. The van der Waals surface area contributed by atoms with Gasteiger partial charge in [-0.3, -0.25) is 9.59 Å². The molecule has 0 fully saturated rings. The Kier molecular flexibility index (Phi) is 2.97. The lowest BCUT2D eigenvalue weighted by atomic mass is 9.97. The first kappa shape index (κ1) is 13.3. The predicted octanol–water partition coefficient (Wildman–Crippen LogP) is 2.06. The van der Waals surface area contributed by atoms with Crippen molar-refractivity contribution in [2.45, 2.75) is 6.18 Å². The number of nitrogens with zero attached hydrogens (tertiary/aromatic N) is 1. The van der Waals surface area contributed by atoms with E-state index in [0.29, 0.717) is 12.1 Å². The molecule has 0 radical (unpaired) electrons. The fraction of sp³-hybridized carbons (Fsp3) is 0.100. The normalized spacial score (nSPS) is 17.4. The molecule has 1 aliphatic rings. The Balaban J connectivity index is 2.71. The maximum Gasteiger partial charge on any atom is 0.416 e. The number of anilines is 1. The smallest absolute Gasteiger partial charge is 0.410 e. The van der Waals surface area contributed by atoms with Gasteiger partial charge in [-0.05, 0) is 12.1 Å². The first-order valence-electron chi connectivity index (χ1n) is 4.74. The number of fused-ring (bicyclic) bond motifs is 1. The third kappa shape index (κ3) is 2.14. The molecule has 0 saturated heterocycles. The molecule has 9 heteroatoms. The van der Waals surface area contributed by atoms with Crippen molar-refractivity contribution in [1.29, 1.82) is 0 Å². The summed E-state index contributed by atoms with van der Waals surface area (Å²) in [5, 5.41) is 12.8. The largest absolute Gasteiger partial charge is 0.416 e. The van der Waals surface area contributed by atoms with Crippen molar-refractivity contribution in [3.8, 4) is 0 Å². The number of rotatable bonds is 0. The number of carbonyl (C=O) groups excluding carboxylic acids is 2. The van der Waals surface area contributed by atoms with Gasteiger partial charge in [0.1, 0.15) is 0 Å². The van der Waals surface area contributed by atoms with Crippen LogP contribution in [0, 0.1) is 0 Å². The molecule has 0 aromatic heterocycles. The summed E-state index contributed by atoms with van der Waals surface area (Å²) in [5.41, 5.74) is -2.38. The molecular weight excluding hydrogens is 289 g/mol. The number of alkyl halides is 3. The second kappa shape index (κ2) is 4.23. The average Bonchev–Trinajstić information content (AvgIpc) is 2.30. The fourth-order valence-corrected chi connectivity index (χ4v) is 1.91. The van der Waals surface area contributed by atoms with Gasteiger partial charge >= 0.3 is 6.18 Å². The molecule has 1 aromatic rings. The minimum absolute atomic E-state index is 0.248. The summed E-state index contributed by atoms with van der Waals surface area (Å²) in [6.07, 6.45) is -4.67. The maximum absolute atomic E-state index is 12.6. The number of carbonyl (C=O) groups is 2. The Bertz CT molecular complexity index is 625. The van der Waals surface area contributed by atoms with E-state index in [1.54, 1.807) is 0 Å². The van der Waals surface area contributed by atoms with Gasteiger partial charge in [-0.15, -0.1) is 0 Å². The van der Waals surface area contributed by atoms with Crippen LogP contribution < -0.4 is 5.32 Å². The van der Waals surface area contributed by atoms with E-state index in [1.165, 1.54) is 0 Å². The van der Waals surface area contributed by atoms with E-state index < -0.39 is 34.2 Å². The Morgan fingerprint density at radius 1 is 1.26 bits per heavy atom. The van der Waals surface area contributed by atoms with Crippen molar-refractivity contribution in [3.63, 3.8) is 0 Å². The van der Waals surface area contributed by atoms with Gasteiger partial charge in [-0.2, -0.15) is 13.2 Å². The van der Waals surface area contributed by atoms with E-state index in [4.69, 9.17) is 16.8 Å². The molecule has 0 spiro atoms. The van der Waals surface area contributed by atoms with Crippen LogP contribution >= 0.6 is 11.6 Å². The highest BCUT2D eigenvalue weighted by Crippen LogP contribution is 2.37. The topological polar surface area (TPSA) is 78.8 Å². The number of hydrogen-bond donors (Lipinski definition) is 2. The molecule has 0 aliphatic carbocycles. The van der Waals surface area contributed by atoms with Gasteiger partial charge in [0.2, 0.25) is 0 Å². The average molecular weight is 293 g/mol. The van der Waals surface area contributed by atoms with Gasteiger partial charge in [-0.1, -0.05) is 16.8 Å². The number of nitrogens with one attached hydrogen (secondary N) is 1. The molecule has 19 heavy (non-hydrogen) atoms. The molecule has 0 saturated carbocycles. The number of amides is 1. The molecule has 1 amide bonds. The standard InChI is InChI=1S/C10H4ClF3N2O3/c11-4-1-3(10(12,13)14)2-5-6(4)7(16-19)8(17)9(18)15-5/h1-2,19H,(H,15,18)/b16-7-. The fourth-order valence-electron chi connectivity index (χ4n) is 1.61. The Hall–Kier alpha value is -2.09. The van der Waals surface area contributed by atoms with Crippen LogP contribution in [0.1, 0.15) is 11.1 Å². The number of hydrogen-bond acceptors (Lipinski definition) is 4. The zero-order chi connectivity index (χ0) is 14.4. The molecule has 2 rings (SSSR count). The number of halogens is 4. The van der Waals surface area contributed by atoms with Crippen molar-refractivity contribution in [2.75, 3.05) is 5.32 Å². The van der Waals surface area contributed by atoms with E-state index in [2.05, 4.69) is 5.16 Å². The lowest BCUT2D eigenvalue weighted by Gasteiger charge is -2.19. The highest BCUT2D eigenvalue weighted by Gasteiger charge is 2.37. The molecular formula is C10H4ClF3N2O3. The van der Waals surface area contributed by atoms with Crippen molar-refractivity contribution in [2.24, 2.45) is 5.16 Å². The molecule has 100 valence electrons. The van der Waals surface area contributed by atoms with Crippen molar-refractivity contribution < 1.29 is 28.0 Å². The van der Waals surface area contributed by atoms with Crippen LogP contribution in [0.25, 0.3) is 0 Å². The van der Waals surface area contributed by atoms with Crippen molar-refractivity contribution >= 4 is 34.7 Å². The molecule has 0 bridgehead atoms. The highest BCUT2D eigenvalue weighted by atomic mass is 35.5. The zero-order valence-corrected chi connectivity index (χ0v) is 9.63. The summed E-state index contributed by atoms with van der Waals surface area (Å²) in [7, 11) is 0. The Morgan fingerprint density at radius 2 is 1.89 bits per heavy atom. The summed E-state index contributed by atoms with van der Waals surface area (Å²) in [4.78, 5) is 22.6. The van der Waals surface area contributed by atoms with Crippen LogP contribution in [0.5, 0.6) is 0 Å². The predicted molar refractivity (Wildman–Crippen MR) is 58.4 cm³/mol.